The highest BCUT2D eigenvalue weighted by Crippen LogP contribution is 2.29. The smallest absolute Gasteiger partial charge is 0.161 e. The highest BCUT2D eigenvalue weighted by atomic mass is 32.1. The second-order valence-corrected chi connectivity index (χ2v) is 7.22. The predicted molar refractivity (Wildman–Crippen MR) is 113 cm³/mol. The molecule has 28 heavy (non-hydrogen) atoms. The maximum atomic E-state index is 5.42. The maximum absolute atomic E-state index is 5.42. The molecule has 3 rings (SSSR count). The normalized spacial score (nSPS) is 10.9. The van der Waals surface area contributed by atoms with Gasteiger partial charge in [0.25, 0.3) is 0 Å². The predicted octanol–water partition coefficient (Wildman–Crippen LogP) is 4.86. The minimum absolute atomic E-state index is 0.748. The number of benzene rings is 2. The van der Waals surface area contributed by atoms with Crippen LogP contribution in [0.2, 0.25) is 0 Å². The van der Waals surface area contributed by atoms with Gasteiger partial charge in [-0.15, -0.1) is 11.3 Å². The van der Waals surface area contributed by atoms with Crippen molar-refractivity contribution in [2.75, 3.05) is 27.9 Å². The van der Waals surface area contributed by atoms with Gasteiger partial charge in [0.1, 0.15) is 10.8 Å². The quantitative estimate of drug-likeness (QED) is 0.515. The molecule has 0 N–H and O–H groups in total. The van der Waals surface area contributed by atoms with Crippen molar-refractivity contribution >= 4 is 11.3 Å². The summed E-state index contributed by atoms with van der Waals surface area (Å²) in [6.45, 7) is 4.73. The Morgan fingerprint density at radius 1 is 0.893 bits per heavy atom. The number of ether oxygens (including phenoxy) is 3. The van der Waals surface area contributed by atoms with Gasteiger partial charge in [0.2, 0.25) is 0 Å². The molecule has 0 saturated carbocycles. The zero-order valence-electron chi connectivity index (χ0n) is 16.8. The topological polar surface area (TPSA) is 43.8 Å². The summed E-state index contributed by atoms with van der Waals surface area (Å²) in [7, 11) is 4.99. The Hall–Kier alpha value is -2.57. The van der Waals surface area contributed by atoms with Crippen LogP contribution in [0.1, 0.15) is 18.2 Å². The zero-order valence-corrected chi connectivity index (χ0v) is 17.6. The SMILES string of the molecule is CCN(Cc1ccc(OC)c(OC)c1)Cc1csc(-c2ccc(OC)cc2)n1. The molecule has 3 aromatic rings. The second kappa shape index (κ2) is 9.57. The molecule has 2 aromatic carbocycles. The monoisotopic (exact) mass is 398 g/mol. The van der Waals surface area contributed by atoms with E-state index in [0.29, 0.717) is 0 Å². The van der Waals surface area contributed by atoms with E-state index >= 15 is 0 Å². The number of hydrogen-bond acceptors (Lipinski definition) is 6. The first kappa shape index (κ1) is 20.2. The molecule has 0 bridgehead atoms. The Kier molecular flexibility index (Phi) is 6.90. The number of rotatable bonds is 9. The lowest BCUT2D eigenvalue weighted by Crippen LogP contribution is -2.22. The molecule has 0 amide bonds. The van der Waals surface area contributed by atoms with Gasteiger partial charge >= 0.3 is 0 Å². The van der Waals surface area contributed by atoms with Crippen LogP contribution < -0.4 is 14.2 Å². The summed E-state index contributed by atoms with van der Waals surface area (Å²) in [6, 6.07) is 14.1. The van der Waals surface area contributed by atoms with E-state index in [1.54, 1.807) is 32.7 Å². The summed E-state index contributed by atoms with van der Waals surface area (Å²) in [4.78, 5) is 7.17. The van der Waals surface area contributed by atoms with E-state index in [1.807, 2.05) is 36.4 Å². The standard InChI is InChI=1S/C22H26N2O3S/c1-5-24(13-16-6-11-20(26-3)21(12-16)27-4)14-18-15-28-22(23-18)17-7-9-19(25-2)10-8-17/h6-12,15H,5,13-14H2,1-4H3. The van der Waals surface area contributed by atoms with Crippen LogP contribution in [0.5, 0.6) is 17.2 Å². The Labute approximate surface area is 170 Å². The number of methoxy groups -OCH3 is 3. The molecular weight excluding hydrogens is 372 g/mol. The first-order valence-electron chi connectivity index (χ1n) is 9.19. The van der Waals surface area contributed by atoms with Crippen LogP contribution in [0.4, 0.5) is 0 Å². The Balaban J connectivity index is 1.68. The van der Waals surface area contributed by atoms with E-state index in [1.165, 1.54) is 5.56 Å². The Morgan fingerprint density at radius 3 is 2.29 bits per heavy atom. The summed E-state index contributed by atoms with van der Waals surface area (Å²) in [5.41, 5.74) is 3.38. The lowest BCUT2D eigenvalue weighted by atomic mass is 10.2. The Bertz CT molecular complexity index is 893. The van der Waals surface area contributed by atoms with Crippen LogP contribution in [0.3, 0.4) is 0 Å². The van der Waals surface area contributed by atoms with Crippen LogP contribution in [0.25, 0.3) is 10.6 Å². The molecule has 0 aliphatic rings. The van der Waals surface area contributed by atoms with Crippen molar-refractivity contribution in [1.29, 1.82) is 0 Å². The van der Waals surface area contributed by atoms with Crippen molar-refractivity contribution in [3.8, 4) is 27.8 Å². The van der Waals surface area contributed by atoms with Crippen LogP contribution in [-0.4, -0.2) is 37.8 Å². The van der Waals surface area contributed by atoms with Crippen molar-refractivity contribution in [1.82, 2.24) is 9.88 Å². The van der Waals surface area contributed by atoms with Crippen LogP contribution in [-0.2, 0) is 13.1 Å². The van der Waals surface area contributed by atoms with Crippen LogP contribution >= 0.6 is 11.3 Å². The minimum Gasteiger partial charge on any atom is -0.497 e. The van der Waals surface area contributed by atoms with E-state index in [2.05, 4.69) is 23.3 Å². The fourth-order valence-corrected chi connectivity index (χ4v) is 3.81. The molecular formula is C22H26N2O3S. The van der Waals surface area contributed by atoms with Crippen molar-refractivity contribution in [3.05, 3.63) is 59.1 Å². The van der Waals surface area contributed by atoms with E-state index in [-0.39, 0.29) is 0 Å². The van der Waals surface area contributed by atoms with Crippen molar-refractivity contribution in [2.45, 2.75) is 20.0 Å². The van der Waals surface area contributed by atoms with Gasteiger partial charge in [-0.05, 0) is 48.5 Å². The summed E-state index contributed by atoms with van der Waals surface area (Å²) in [5, 5.41) is 3.16. The number of nitrogens with zero attached hydrogens (tertiary/aromatic N) is 2. The van der Waals surface area contributed by atoms with Gasteiger partial charge < -0.3 is 14.2 Å². The fraction of sp³-hybridized carbons (Fsp3) is 0.318. The average molecular weight is 399 g/mol. The summed E-state index contributed by atoms with van der Waals surface area (Å²) in [5.74, 6) is 2.36. The van der Waals surface area contributed by atoms with E-state index in [0.717, 1.165) is 53.1 Å². The molecule has 0 unspecified atom stereocenters. The first-order chi connectivity index (χ1) is 13.7. The lowest BCUT2D eigenvalue weighted by molar-refractivity contribution is 0.268. The van der Waals surface area contributed by atoms with Crippen molar-refractivity contribution in [3.63, 3.8) is 0 Å². The highest BCUT2D eigenvalue weighted by Gasteiger charge is 2.11. The van der Waals surface area contributed by atoms with E-state index < -0.39 is 0 Å². The van der Waals surface area contributed by atoms with Crippen molar-refractivity contribution in [2.24, 2.45) is 0 Å². The molecule has 6 heteroatoms. The Morgan fingerprint density at radius 2 is 1.64 bits per heavy atom. The molecule has 5 nitrogen and oxygen atoms in total. The summed E-state index contributed by atoms with van der Waals surface area (Å²) in [6.07, 6.45) is 0. The van der Waals surface area contributed by atoms with Gasteiger partial charge in [-0.25, -0.2) is 4.98 Å². The molecule has 0 fully saturated rings. The molecule has 148 valence electrons. The largest absolute Gasteiger partial charge is 0.497 e. The van der Waals surface area contributed by atoms with Gasteiger partial charge in [0, 0.05) is 24.0 Å². The molecule has 0 radical (unpaired) electrons. The lowest BCUT2D eigenvalue weighted by Gasteiger charge is -2.20. The third-order valence-electron chi connectivity index (χ3n) is 4.58. The number of hydrogen-bond donors (Lipinski definition) is 0. The molecule has 0 atom stereocenters. The first-order valence-corrected chi connectivity index (χ1v) is 10.1. The van der Waals surface area contributed by atoms with Gasteiger partial charge in [0.05, 0.1) is 27.0 Å². The summed E-state index contributed by atoms with van der Waals surface area (Å²) < 4.78 is 16.0. The zero-order chi connectivity index (χ0) is 19.9. The van der Waals surface area contributed by atoms with Gasteiger partial charge in [0.15, 0.2) is 11.5 Å². The molecule has 1 aromatic heterocycles. The molecule has 0 aliphatic heterocycles. The minimum atomic E-state index is 0.748. The van der Waals surface area contributed by atoms with Gasteiger partial charge in [-0.1, -0.05) is 13.0 Å². The number of thiazole rings is 1. The second-order valence-electron chi connectivity index (χ2n) is 6.37. The third kappa shape index (κ3) is 4.82. The van der Waals surface area contributed by atoms with Gasteiger partial charge in [-0.2, -0.15) is 0 Å². The third-order valence-corrected chi connectivity index (χ3v) is 5.52. The van der Waals surface area contributed by atoms with Crippen molar-refractivity contribution < 1.29 is 14.2 Å². The van der Waals surface area contributed by atoms with E-state index in [9.17, 15) is 0 Å². The van der Waals surface area contributed by atoms with Crippen LogP contribution in [0, 0.1) is 0 Å². The van der Waals surface area contributed by atoms with Crippen LogP contribution in [0.15, 0.2) is 47.8 Å². The summed E-state index contributed by atoms with van der Waals surface area (Å²) >= 11 is 1.67. The maximum Gasteiger partial charge on any atom is 0.161 e. The highest BCUT2D eigenvalue weighted by molar-refractivity contribution is 7.13. The number of aromatic nitrogens is 1. The molecule has 0 spiro atoms. The fourth-order valence-electron chi connectivity index (χ4n) is 2.99. The van der Waals surface area contributed by atoms with E-state index in [4.69, 9.17) is 19.2 Å². The average Bonchev–Trinajstić information content (AvgIpc) is 3.21. The molecule has 1 heterocycles. The molecule has 0 aliphatic carbocycles. The van der Waals surface area contributed by atoms with Gasteiger partial charge in [-0.3, -0.25) is 4.90 Å². The molecule has 0 saturated heterocycles.